The fourth-order valence-corrected chi connectivity index (χ4v) is 2.35. The van der Waals surface area contributed by atoms with Crippen LogP contribution in [0.25, 0.3) is 0 Å². The molecule has 0 saturated heterocycles. The predicted molar refractivity (Wildman–Crippen MR) is 91.8 cm³/mol. The van der Waals surface area contributed by atoms with Gasteiger partial charge in [-0.2, -0.15) is 5.10 Å². The van der Waals surface area contributed by atoms with Crippen molar-refractivity contribution in [2.24, 2.45) is 5.41 Å². The van der Waals surface area contributed by atoms with Gasteiger partial charge in [0, 0.05) is 5.02 Å². The maximum Gasteiger partial charge on any atom is 0.321 e. The number of alkyl halides is 3. The van der Waals surface area contributed by atoms with Gasteiger partial charge in [0.05, 0.1) is 5.41 Å². The van der Waals surface area contributed by atoms with Crippen LogP contribution in [0.3, 0.4) is 0 Å². The van der Waals surface area contributed by atoms with E-state index in [1.54, 1.807) is 24.3 Å². The van der Waals surface area contributed by atoms with Crippen molar-refractivity contribution in [1.29, 1.82) is 0 Å². The lowest BCUT2D eigenvalue weighted by atomic mass is 9.85. The van der Waals surface area contributed by atoms with E-state index >= 15 is 0 Å². The quantitative estimate of drug-likeness (QED) is 0.469. The van der Waals surface area contributed by atoms with Gasteiger partial charge in [-0.15, -0.1) is 11.6 Å². The molecule has 142 valence electrons. The van der Waals surface area contributed by atoms with Crippen LogP contribution in [-0.4, -0.2) is 46.1 Å². The number of rotatable bonds is 9. The van der Waals surface area contributed by atoms with E-state index in [1.807, 2.05) is 0 Å². The largest absolute Gasteiger partial charge is 0.465 e. The monoisotopic (exact) mass is 407 g/mol. The number of carbonyl (C=O) groups is 1. The summed E-state index contributed by atoms with van der Waals surface area (Å²) in [4.78, 5) is 15.6. The number of aromatic nitrogens is 3. The van der Waals surface area contributed by atoms with Crippen LogP contribution in [0.5, 0.6) is 5.75 Å². The highest BCUT2D eigenvalue weighted by molar-refractivity contribution is 6.30. The van der Waals surface area contributed by atoms with Crippen LogP contribution in [0, 0.1) is 5.41 Å². The zero-order chi connectivity index (χ0) is 19.2. The van der Waals surface area contributed by atoms with E-state index in [1.165, 1.54) is 24.3 Å². The summed E-state index contributed by atoms with van der Waals surface area (Å²) in [7, 11) is 0. The van der Waals surface area contributed by atoms with Crippen LogP contribution in [0.1, 0.15) is 13.2 Å². The third kappa shape index (κ3) is 4.82. The SMILES string of the molecule is CC(CF)(CF)C(OC(=O)CCl)C(Oc1ccc(Cl)cc1)n1cncn1. The van der Waals surface area contributed by atoms with E-state index in [9.17, 15) is 13.6 Å². The zero-order valence-electron chi connectivity index (χ0n) is 13.8. The maximum atomic E-state index is 13.7. The van der Waals surface area contributed by atoms with E-state index in [-0.39, 0.29) is 0 Å². The number of halogens is 4. The lowest BCUT2D eigenvalue weighted by Crippen LogP contribution is -2.48. The van der Waals surface area contributed by atoms with Crippen molar-refractivity contribution in [2.75, 3.05) is 19.2 Å². The average Bonchev–Trinajstić information content (AvgIpc) is 3.19. The molecule has 2 aromatic rings. The highest BCUT2D eigenvalue weighted by atomic mass is 35.5. The van der Waals surface area contributed by atoms with Crippen LogP contribution in [0.4, 0.5) is 8.78 Å². The summed E-state index contributed by atoms with van der Waals surface area (Å²) in [6.45, 7) is -0.897. The summed E-state index contributed by atoms with van der Waals surface area (Å²) >= 11 is 11.3. The number of hydrogen-bond donors (Lipinski definition) is 0. The molecule has 0 bridgehead atoms. The summed E-state index contributed by atoms with van der Waals surface area (Å²) in [5, 5.41) is 4.44. The molecule has 1 heterocycles. The first-order chi connectivity index (χ1) is 12.4. The summed E-state index contributed by atoms with van der Waals surface area (Å²) in [5.41, 5.74) is -1.68. The lowest BCUT2D eigenvalue weighted by Gasteiger charge is -2.37. The second-order valence-electron chi connectivity index (χ2n) is 5.80. The molecule has 0 aliphatic rings. The second kappa shape index (κ2) is 9.14. The molecule has 0 N–H and O–H groups in total. The van der Waals surface area contributed by atoms with Crippen molar-refractivity contribution >= 4 is 29.2 Å². The molecule has 6 nitrogen and oxygen atoms in total. The molecule has 1 aromatic carbocycles. The Balaban J connectivity index is 2.43. The number of carbonyl (C=O) groups excluding carboxylic acids is 1. The van der Waals surface area contributed by atoms with Gasteiger partial charge >= 0.3 is 5.97 Å². The lowest BCUT2D eigenvalue weighted by molar-refractivity contribution is -0.172. The highest BCUT2D eigenvalue weighted by Gasteiger charge is 2.45. The van der Waals surface area contributed by atoms with Gasteiger partial charge in [-0.1, -0.05) is 18.5 Å². The zero-order valence-corrected chi connectivity index (χ0v) is 15.3. The molecule has 0 saturated carbocycles. The van der Waals surface area contributed by atoms with Crippen LogP contribution >= 0.6 is 23.2 Å². The van der Waals surface area contributed by atoms with Gasteiger partial charge in [-0.05, 0) is 24.3 Å². The molecule has 0 amide bonds. The molecule has 26 heavy (non-hydrogen) atoms. The first-order valence-electron chi connectivity index (χ1n) is 7.57. The molecule has 0 aliphatic carbocycles. The van der Waals surface area contributed by atoms with Crippen molar-refractivity contribution < 1.29 is 23.0 Å². The van der Waals surface area contributed by atoms with Gasteiger partial charge in [0.15, 0.2) is 6.10 Å². The molecule has 0 aliphatic heterocycles. The average molecular weight is 408 g/mol. The van der Waals surface area contributed by atoms with Crippen molar-refractivity contribution in [2.45, 2.75) is 19.3 Å². The summed E-state index contributed by atoms with van der Waals surface area (Å²) in [5.74, 6) is -0.979. The Labute approximate surface area is 159 Å². The highest BCUT2D eigenvalue weighted by Crippen LogP contribution is 2.35. The maximum absolute atomic E-state index is 13.7. The first-order valence-corrected chi connectivity index (χ1v) is 8.48. The molecule has 1 aromatic heterocycles. The third-order valence-corrected chi connectivity index (χ3v) is 4.16. The Kier molecular flexibility index (Phi) is 7.16. The third-order valence-electron chi connectivity index (χ3n) is 3.69. The molecule has 2 unspecified atom stereocenters. The van der Waals surface area contributed by atoms with E-state index in [4.69, 9.17) is 32.7 Å². The fourth-order valence-electron chi connectivity index (χ4n) is 2.16. The fraction of sp³-hybridized carbons (Fsp3) is 0.438. The predicted octanol–water partition coefficient (Wildman–Crippen LogP) is 3.61. The minimum atomic E-state index is -1.68. The summed E-state index contributed by atoms with van der Waals surface area (Å²) in [6, 6.07) is 6.29. The van der Waals surface area contributed by atoms with Gasteiger partial charge < -0.3 is 9.47 Å². The van der Waals surface area contributed by atoms with E-state index in [0.29, 0.717) is 10.8 Å². The second-order valence-corrected chi connectivity index (χ2v) is 6.51. The van der Waals surface area contributed by atoms with Gasteiger partial charge in [0.25, 0.3) is 0 Å². The molecule has 2 atom stereocenters. The first kappa shape index (κ1) is 20.4. The normalized spacial score (nSPS) is 13.9. The number of esters is 1. The summed E-state index contributed by atoms with van der Waals surface area (Å²) in [6.07, 6.45) is -0.0247. The number of hydrogen-bond acceptors (Lipinski definition) is 5. The minimum Gasteiger partial charge on any atom is -0.465 e. The van der Waals surface area contributed by atoms with E-state index in [0.717, 1.165) is 0 Å². The Bertz CT molecular complexity index is 697. The Morgan fingerprint density at radius 3 is 2.46 bits per heavy atom. The van der Waals surface area contributed by atoms with Crippen molar-refractivity contribution in [1.82, 2.24) is 14.8 Å². The Hall–Kier alpha value is -1.93. The van der Waals surface area contributed by atoms with Crippen molar-refractivity contribution in [3.05, 3.63) is 41.9 Å². The van der Waals surface area contributed by atoms with Crippen LogP contribution < -0.4 is 4.74 Å². The van der Waals surface area contributed by atoms with E-state index < -0.39 is 42.9 Å². The van der Waals surface area contributed by atoms with Crippen LogP contribution in [-0.2, 0) is 9.53 Å². The molecule has 10 heteroatoms. The van der Waals surface area contributed by atoms with E-state index in [2.05, 4.69) is 10.1 Å². The number of ether oxygens (including phenoxy) is 2. The molecule has 0 spiro atoms. The van der Waals surface area contributed by atoms with Crippen molar-refractivity contribution in [3.63, 3.8) is 0 Å². The van der Waals surface area contributed by atoms with Crippen molar-refractivity contribution in [3.8, 4) is 5.75 Å². The molecule has 0 radical (unpaired) electrons. The van der Waals surface area contributed by atoms with Gasteiger partial charge in [-0.25, -0.2) is 9.67 Å². The van der Waals surface area contributed by atoms with Gasteiger partial charge in [-0.3, -0.25) is 13.6 Å². The van der Waals surface area contributed by atoms with Gasteiger partial charge in [0.2, 0.25) is 6.23 Å². The smallest absolute Gasteiger partial charge is 0.321 e. The van der Waals surface area contributed by atoms with Crippen LogP contribution in [0.2, 0.25) is 5.02 Å². The standard InChI is InChI=1S/C16H17Cl2F2N3O3/c1-16(7-19,8-20)14(26-13(24)6-17)15(23-10-21-9-22-23)25-12-4-2-11(18)3-5-12/h2-5,9-10,14-15H,6-8H2,1H3. The molecular formula is C16H17Cl2F2N3O3. The Morgan fingerprint density at radius 1 is 1.31 bits per heavy atom. The topological polar surface area (TPSA) is 66.2 Å². The van der Waals surface area contributed by atoms with Gasteiger partial charge in [0.1, 0.15) is 37.6 Å². The minimum absolute atomic E-state index is 0.335. The molecular weight excluding hydrogens is 391 g/mol. The molecule has 2 rings (SSSR count). The van der Waals surface area contributed by atoms with Crippen LogP contribution in [0.15, 0.2) is 36.9 Å². The summed E-state index contributed by atoms with van der Waals surface area (Å²) < 4.78 is 39.6. The number of nitrogens with zero attached hydrogens (tertiary/aromatic N) is 3. The number of benzene rings is 1. The molecule has 0 fully saturated rings. The Morgan fingerprint density at radius 2 is 1.96 bits per heavy atom.